The highest BCUT2D eigenvalue weighted by Gasteiger charge is 2.15. The van der Waals surface area contributed by atoms with Crippen molar-refractivity contribution in [3.05, 3.63) is 18.2 Å². The molecule has 0 bridgehead atoms. The second kappa shape index (κ2) is 5.79. The molecule has 0 saturated heterocycles. The summed E-state index contributed by atoms with van der Waals surface area (Å²) in [5.41, 5.74) is 0.497. The largest absolute Gasteiger partial charge is 0.486 e. The van der Waals surface area contributed by atoms with Crippen LogP contribution in [-0.4, -0.2) is 30.5 Å². The Labute approximate surface area is 115 Å². The summed E-state index contributed by atoms with van der Waals surface area (Å²) in [4.78, 5) is 22.7. The SMILES string of the molecule is C[C@H](Cl)C(=O)NC(=O)Nc1ccc2c(c1)OCCO2. The first-order chi connectivity index (χ1) is 9.06. The number of rotatable bonds is 2. The molecular weight excluding hydrogens is 272 g/mol. The van der Waals surface area contributed by atoms with Gasteiger partial charge in [-0.15, -0.1) is 11.6 Å². The first-order valence-electron chi connectivity index (χ1n) is 5.72. The summed E-state index contributed by atoms with van der Waals surface area (Å²) < 4.78 is 10.7. The lowest BCUT2D eigenvalue weighted by atomic mass is 10.2. The summed E-state index contributed by atoms with van der Waals surface area (Å²) in [7, 11) is 0. The van der Waals surface area contributed by atoms with Gasteiger partial charge in [0.25, 0.3) is 0 Å². The standard InChI is InChI=1S/C12H13ClN2O4/c1-7(13)11(16)15-12(17)14-8-2-3-9-10(6-8)19-5-4-18-9/h2-3,6-7H,4-5H2,1H3,(H2,14,15,16,17)/t7-/m0/s1. The molecule has 2 rings (SSSR count). The maximum absolute atomic E-state index is 11.5. The predicted octanol–water partition coefficient (Wildman–Crippen LogP) is 1.73. The molecule has 0 radical (unpaired) electrons. The number of ether oxygens (including phenoxy) is 2. The van der Waals surface area contributed by atoms with Gasteiger partial charge in [-0.25, -0.2) is 4.79 Å². The van der Waals surface area contributed by atoms with Crippen LogP contribution >= 0.6 is 11.6 Å². The second-order valence-electron chi connectivity index (χ2n) is 3.92. The van der Waals surface area contributed by atoms with Crippen LogP contribution in [0.25, 0.3) is 0 Å². The van der Waals surface area contributed by atoms with Crippen molar-refractivity contribution in [1.29, 1.82) is 0 Å². The van der Waals surface area contributed by atoms with Crippen molar-refractivity contribution in [1.82, 2.24) is 5.32 Å². The number of carbonyl (C=O) groups excluding carboxylic acids is 2. The number of fused-ring (bicyclic) bond motifs is 1. The lowest BCUT2D eigenvalue weighted by Crippen LogP contribution is -2.38. The van der Waals surface area contributed by atoms with Gasteiger partial charge in [0.15, 0.2) is 11.5 Å². The zero-order chi connectivity index (χ0) is 13.8. The third kappa shape index (κ3) is 3.51. The van der Waals surface area contributed by atoms with Crippen molar-refractivity contribution in [2.75, 3.05) is 18.5 Å². The highest BCUT2D eigenvalue weighted by atomic mass is 35.5. The Morgan fingerprint density at radius 2 is 1.95 bits per heavy atom. The van der Waals surface area contributed by atoms with Crippen LogP contribution in [0.3, 0.4) is 0 Å². The topological polar surface area (TPSA) is 76.7 Å². The summed E-state index contributed by atoms with van der Waals surface area (Å²) in [6.07, 6.45) is 0. The minimum atomic E-state index is -0.772. The Morgan fingerprint density at radius 1 is 1.26 bits per heavy atom. The molecule has 102 valence electrons. The molecule has 0 saturated carbocycles. The molecule has 0 unspecified atom stereocenters. The quantitative estimate of drug-likeness (QED) is 0.811. The molecule has 1 atom stereocenters. The molecule has 1 heterocycles. The van der Waals surface area contributed by atoms with Gasteiger partial charge in [0.05, 0.1) is 0 Å². The van der Waals surface area contributed by atoms with Crippen LogP contribution in [0.5, 0.6) is 11.5 Å². The van der Waals surface area contributed by atoms with E-state index in [-0.39, 0.29) is 0 Å². The smallest absolute Gasteiger partial charge is 0.325 e. The van der Waals surface area contributed by atoms with Gasteiger partial charge in [-0.05, 0) is 19.1 Å². The van der Waals surface area contributed by atoms with Gasteiger partial charge in [0.1, 0.15) is 18.6 Å². The Hall–Kier alpha value is -1.95. The Bertz CT molecular complexity index is 505. The Balaban J connectivity index is 1.99. The molecule has 0 aromatic heterocycles. The molecule has 2 N–H and O–H groups in total. The van der Waals surface area contributed by atoms with Gasteiger partial charge in [0, 0.05) is 11.8 Å². The van der Waals surface area contributed by atoms with Crippen LogP contribution in [0, 0.1) is 0 Å². The van der Waals surface area contributed by atoms with Crippen molar-refractivity contribution < 1.29 is 19.1 Å². The monoisotopic (exact) mass is 284 g/mol. The number of amides is 3. The fourth-order valence-corrected chi connectivity index (χ4v) is 1.55. The van der Waals surface area contributed by atoms with E-state index in [1.165, 1.54) is 6.92 Å². The number of hydrogen-bond donors (Lipinski definition) is 2. The molecular formula is C12H13ClN2O4. The number of alkyl halides is 1. The van der Waals surface area contributed by atoms with Gasteiger partial charge in [-0.3, -0.25) is 10.1 Å². The number of urea groups is 1. The summed E-state index contributed by atoms with van der Waals surface area (Å²) in [6.45, 7) is 2.45. The molecule has 7 heteroatoms. The van der Waals surface area contributed by atoms with Gasteiger partial charge < -0.3 is 14.8 Å². The summed E-state index contributed by atoms with van der Waals surface area (Å²) >= 11 is 5.54. The summed E-state index contributed by atoms with van der Waals surface area (Å²) in [6, 6.07) is 4.33. The van der Waals surface area contributed by atoms with E-state index in [1.807, 2.05) is 0 Å². The molecule has 0 fully saturated rings. The van der Waals surface area contributed by atoms with E-state index in [0.29, 0.717) is 30.4 Å². The Morgan fingerprint density at radius 3 is 2.63 bits per heavy atom. The maximum Gasteiger partial charge on any atom is 0.325 e. The molecule has 19 heavy (non-hydrogen) atoms. The van der Waals surface area contributed by atoms with E-state index < -0.39 is 17.3 Å². The van der Waals surface area contributed by atoms with Gasteiger partial charge >= 0.3 is 6.03 Å². The average molecular weight is 285 g/mol. The minimum absolute atomic E-state index is 0.463. The molecule has 1 aliphatic heterocycles. The van der Waals surface area contributed by atoms with E-state index in [4.69, 9.17) is 21.1 Å². The first kappa shape index (κ1) is 13.5. The zero-order valence-corrected chi connectivity index (χ0v) is 11.0. The fraction of sp³-hybridized carbons (Fsp3) is 0.333. The van der Waals surface area contributed by atoms with Crippen LogP contribution in [0.4, 0.5) is 10.5 Å². The number of nitrogens with one attached hydrogen (secondary N) is 2. The molecule has 1 aliphatic rings. The van der Waals surface area contributed by atoms with E-state index in [9.17, 15) is 9.59 Å². The van der Waals surface area contributed by atoms with Crippen LogP contribution in [-0.2, 0) is 4.79 Å². The van der Waals surface area contributed by atoms with Crippen LogP contribution < -0.4 is 20.1 Å². The first-order valence-corrected chi connectivity index (χ1v) is 6.15. The number of imide groups is 1. The second-order valence-corrected chi connectivity index (χ2v) is 4.57. The number of hydrogen-bond acceptors (Lipinski definition) is 4. The zero-order valence-electron chi connectivity index (χ0n) is 10.2. The highest BCUT2D eigenvalue weighted by molar-refractivity contribution is 6.31. The fourth-order valence-electron chi connectivity index (χ4n) is 1.49. The maximum atomic E-state index is 11.5. The van der Waals surface area contributed by atoms with E-state index in [2.05, 4.69) is 10.6 Å². The normalized spacial score (nSPS) is 14.4. The molecule has 6 nitrogen and oxygen atoms in total. The van der Waals surface area contributed by atoms with E-state index in [1.54, 1.807) is 18.2 Å². The molecule has 1 aromatic rings. The number of anilines is 1. The molecule has 0 spiro atoms. The van der Waals surface area contributed by atoms with Crippen LogP contribution in [0.2, 0.25) is 0 Å². The lowest BCUT2D eigenvalue weighted by Gasteiger charge is -2.19. The minimum Gasteiger partial charge on any atom is -0.486 e. The highest BCUT2D eigenvalue weighted by Crippen LogP contribution is 2.32. The number of halogens is 1. The van der Waals surface area contributed by atoms with E-state index >= 15 is 0 Å². The van der Waals surface area contributed by atoms with Crippen molar-refractivity contribution in [2.24, 2.45) is 0 Å². The summed E-state index contributed by atoms with van der Waals surface area (Å²) in [5, 5.41) is 3.86. The average Bonchev–Trinajstić information content (AvgIpc) is 2.38. The van der Waals surface area contributed by atoms with Crippen LogP contribution in [0.15, 0.2) is 18.2 Å². The molecule has 3 amide bonds. The van der Waals surface area contributed by atoms with Gasteiger partial charge in [-0.1, -0.05) is 0 Å². The third-order valence-corrected chi connectivity index (χ3v) is 2.60. The van der Waals surface area contributed by atoms with Crippen molar-refractivity contribution >= 4 is 29.2 Å². The molecule has 0 aliphatic carbocycles. The van der Waals surface area contributed by atoms with Gasteiger partial charge in [-0.2, -0.15) is 0 Å². The van der Waals surface area contributed by atoms with Gasteiger partial charge in [0.2, 0.25) is 5.91 Å². The lowest BCUT2D eigenvalue weighted by molar-refractivity contribution is -0.119. The molecule has 1 aromatic carbocycles. The summed E-state index contributed by atoms with van der Waals surface area (Å²) in [5.74, 6) is 0.625. The van der Waals surface area contributed by atoms with Crippen molar-refractivity contribution in [3.8, 4) is 11.5 Å². The van der Waals surface area contributed by atoms with Crippen molar-refractivity contribution in [2.45, 2.75) is 12.3 Å². The predicted molar refractivity (Wildman–Crippen MR) is 69.9 cm³/mol. The van der Waals surface area contributed by atoms with E-state index in [0.717, 1.165) is 0 Å². The van der Waals surface area contributed by atoms with Crippen molar-refractivity contribution in [3.63, 3.8) is 0 Å². The number of carbonyl (C=O) groups is 2. The number of benzene rings is 1. The Kier molecular flexibility index (Phi) is 4.11. The van der Waals surface area contributed by atoms with Crippen LogP contribution in [0.1, 0.15) is 6.92 Å². The third-order valence-electron chi connectivity index (χ3n) is 2.40.